The topological polar surface area (TPSA) is 86.8 Å². The first-order valence-corrected chi connectivity index (χ1v) is 14.1. The zero-order chi connectivity index (χ0) is 28.0. The standard InChI is InChI=1S/C30H37N3O4S/c1-21(2)31-30(35)25(6)32(19-26-15-12-22(3)13-16-26)29(34)20-33(27-17-14-23(4)24(5)18-27)38(36,37)28-10-8-7-9-11-28/h7-18,21,25H,19-20H2,1-6H3,(H,31,35)/t25-/m0/s1. The predicted octanol–water partition coefficient (Wildman–Crippen LogP) is 4.75. The van der Waals surface area contributed by atoms with Gasteiger partial charge in [-0.25, -0.2) is 8.42 Å². The van der Waals surface area contributed by atoms with Crippen LogP contribution in [0, 0.1) is 20.8 Å². The first kappa shape index (κ1) is 28.9. The number of sulfonamides is 1. The molecular weight excluding hydrogens is 498 g/mol. The van der Waals surface area contributed by atoms with E-state index in [0.29, 0.717) is 5.69 Å². The van der Waals surface area contributed by atoms with Crippen molar-refractivity contribution in [2.75, 3.05) is 10.8 Å². The molecule has 2 amide bonds. The summed E-state index contributed by atoms with van der Waals surface area (Å²) in [4.78, 5) is 28.4. The molecule has 0 saturated carbocycles. The van der Waals surface area contributed by atoms with Crippen LogP contribution in [0.5, 0.6) is 0 Å². The molecule has 3 aromatic rings. The number of carbonyl (C=O) groups excluding carboxylic acids is 2. The Hall–Kier alpha value is -3.65. The molecule has 0 radical (unpaired) electrons. The van der Waals surface area contributed by atoms with Crippen LogP contribution >= 0.6 is 0 Å². The molecule has 8 heteroatoms. The van der Waals surface area contributed by atoms with E-state index in [1.807, 2.05) is 65.0 Å². The van der Waals surface area contributed by atoms with Crippen LogP contribution < -0.4 is 9.62 Å². The number of aryl methyl sites for hydroxylation is 3. The van der Waals surface area contributed by atoms with Crippen LogP contribution in [0.3, 0.4) is 0 Å². The van der Waals surface area contributed by atoms with Crippen molar-refractivity contribution < 1.29 is 18.0 Å². The van der Waals surface area contributed by atoms with Crippen LogP contribution in [0.1, 0.15) is 43.0 Å². The van der Waals surface area contributed by atoms with Gasteiger partial charge in [-0.05, 0) is 82.5 Å². The zero-order valence-electron chi connectivity index (χ0n) is 22.9. The number of benzene rings is 3. The van der Waals surface area contributed by atoms with Gasteiger partial charge in [-0.15, -0.1) is 0 Å². The van der Waals surface area contributed by atoms with Gasteiger partial charge < -0.3 is 10.2 Å². The third-order valence-electron chi connectivity index (χ3n) is 6.46. The Morgan fingerprint density at radius 3 is 2.05 bits per heavy atom. The van der Waals surface area contributed by atoms with Crippen LogP contribution in [-0.2, 0) is 26.2 Å². The Balaban J connectivity index is 2.04. The Bertz CT molecular complexity index is 1370. The number of carbonyl (C=O) groups is 2. The van der Waals surface area contributed by atoms with Crippen molar-refractivity contribution in [1.82, 2.24) is 10.2 Å². The molecule has 3 aromatic carbocycles. The monoisotopic (exact) mass is 535 g/mol. The highest BCUT2D eigenvalue weighted by atomic mass is 32.2. The maximum Gasteiger partial charge on any atom is 0.264 e. The molecule has 1 atom stereocenters. The minimum Gasteiger partial charge on any atom is -0.352 e. The molecule has 3 rings (SSSR count). The molecule has 0 unspecified atom stereocenters. The summed E-state index contributed by atoms with van der Waals surface area (Å²) >= 11 is 0. The molecule has 0 bridgehead atoms. The third kappa shape index (κ3) is 7.01. The molecule has 0 heterocycles. The van der Waals surface area contributed by atoms with E-state index in [1.54, 1.807) is 37.3 Å². The number of amides is 2. The molecule has 0 aliphatic carbocycles. The van der Waals surface area contributed by atoms with Gasteiger partial charge in [0.2, 0.25) is 11.8 Å². The summed E-state index contributed by atoms with van der Waals surface area (Å²) in [5.74, 6) is -0.779. The highest BCUT2D eigenvalue weighted by Gasteiger charge is 2.32. The van der Waals surface area contributed by atoms with Gasteiger partial charge in [0.1, 0.15) is 12.6 Å². The minimum atomic E-state index is -4.07. The van der Waals surface area contributed by atoms with Gasteiger partial charge >= 0.3 is 0 Å². The first-order chi connectivity index (χ1) is 17.9. The maximum atomic E-state index is 13.9. The number of nitrogens with one attached hydrogen (secondary N) is 1. The molecular formula is C30H37N3O4S. The molecule has 0 fully saturated rings. The number of anilines is 1. The van der Waals surface area contributed by atoms with Crippen molar-refractivity contribution in [1.29, 1.82) is 0 Å². The largest absolute Gasteiger partial charge is 0.352 e. The number of rotatable bonds is 10. The van der Waals surface area contributed by atoms with Gasteiger partial charge in [0.15, 0.2) is 0 Å². The summed E-state index contributed by atoms with van der Waals surface area (Å²) in [7, 11) is -4.07. The fourth-order valence-electron chi connectivity index (χ4n) is 4.01. The SMILES string of the molecule is Cc1ccc(CN(C(=O)CN(c2ccc(C)c(C)c2)S(=O)(=O)c2ccccc2)[C@@H](C)C(=O)NC(C)C)cc1. The molecule has 1 N–H and O–H groups in total. The van der Waals surface area contributed by atoms with E-state index in [1.165, 1.54) is 17.0 Å². The summed E-state index contributed by atoms with van der Waals surface area (Å²) in [6.45, 7) is 10.9. The maximum absolute atomic E-state index is 13.9. The summed E-state index contributed by atoms with van der Waals surface area (Å²) in [5.41, 5.74) is 4.23. The molecule has 202 valence electrons. The minimum absolute atomic E-state index is 0.0849. The van der Waals surface area contributed by atoms with Gasteiger partial charge in [-0.3, -0.25) is 13.9 Å². The van der Waals surface area contributed by atoms with Crippen LogP contribution in [0.25, 0.3) is 0 Å². The van der Waals surface area contributed by atoms with E-state index in [0.717, 1.165) is 26.6 Å². The number of hydrogen-bond acceptors (Lipinski definition) is 4. The van der Waals surface area contributed by atoms with E-state index in [4.69, 9.17) is 0 Å². The van der Waals surface area contributed by atoms with Gasteiger partial charge in [-0.2, -0.15) is 0 Å². The molecule has 38 heavy (non-hydrogen) atoms. The van der Waals surface area contributed by atoms with Crippen molar-refractivity contribution in [2.24, 2.45) is 0 Å². The lowest BCUT2D eigenvalue weighted by atomic mass is 10.1. The molecule has 0 aromatic heterocycles. The average Bonchev–Trinajstić information content (AvgIpc) is 2.88. The number of hydrogen-bond donors (Lipinski definition) is 1. The summed E-state index contributed by atoms with van der Waals surface area (Å²) in [6, 6.07) is 20.1. The molecule has 0 aliphatic rings. The van der Waals surface area contributed by atoms with Gasteiger partial charge in [0.25, 0.3) is 10.0 Å². The molecule has 7 nitrogen and oxygen atoms in total. The van der Waals surface area contributed by atoms with E-state index in [2.05, 4.69) is 5.32 Å². The summed E-state index contributed by atoms with van der Waals surface area (Å²) in [6.07, 6.45) is 0. The van der Waals surface area contributed by atoms with E-state index < -0.39 is 28.5 Å². The third-order valence-corrected chi connectivity index (χ3v) is 8.25. The van der Waals surface area contributed by atoms with E-state index in [9.17, 15) is 18.0 Å². The second-order valence-electron chi connectivity index (χ2n) is 9.94. The molecule has 0 spiro atoms. The van der Waals surface area contributed by atoms with E-state index >= 15 is 0 Å². The smallest absolute Gasteiger partial charge is 0.264 e. The fraction of sp³-hybridized carbons (Fsp3) is 0.333. The molecule has 0 saturated heterocycles. The Morgan fingerprint density at radius 1 is 0.842 bits per heavy atom. The highest BCUT2D eigenvalue weighted by Crippen LogP contribution is 2.26. The van der Waals surface area contributed by atoms with Crippen molar-refractivity contribution in [3.63, 3.8) is 0 Å². The van der Waals surface area contributed by atoms with Crippen molar-refractivity contribution in [3.05, 3.63) is 95.1 Å². The van der Waals surface area contributed by atoms with Crippen LogP contribution in [0.4, 0.5) is 5.69 Å². The Morgan fingerprint density at radius 2 is 1.47 bits per heavy atom. The van der Waals surface area contributed by atoms with Crippen molar-refractivity contribution >= 4 is 27.5 Å². The first-order valence-electron chi connectivity index (χ1n) is 12.7. The lowest BCUT2D eigenvalue weighted by Crippen LogP contribution is -2.52. The quantitative estimate of drug-likeness (QED) is 0.406. The second-order valence-corrected chi connectivity index (χ2v) is 11.8. The Labute approximate surface area is 226 Å². The van der Waals surface area contributed by atoms with Crippen LogP contribution in [0.15, 0.2) is 77.7 Å². The van der Waals surface area contributed by atoms with Gasteiger partial charge in [0.05, 0.1) is 10.6 Å². The predicted molar refractivity (Wildman–Crippen MR) is 151 cm³/mol. The van der Waals surface area contributed by atoms with Gasteiger partial charge in [-0.1, -0.05) is 54.1 Å². The molecule has 0 aliphatic heterocycles. The van der Waals surface area contributed by atoms with Crippen LogP contribution in [-0.4, -0.2) is 43.8 Å². The lowest BCUT2D eigenvalue weighted by Gasteiger charge is -2.32. The lowest BCUT2D eigenvalue weighted by molar-refractivity contribution is -0.139. The fourth-order valence-corrected chi connectivity index (χ4v) is 5.43. The second kappa shape index (κ2) is 12.3. The van der Waals surface area contributed by atoms with Crippen molar-refractivity contribution in [3.8, 4) is 0 Å². The van der Waals surface area contributed by atoms with E-state index in [-0.39, 0.29) is 23.4 Å². The van der Waals surface area contributed by atoms with Gasteiger partial charge in [0, 0.05) is 12.6 Å². The van der Waals surface area contributed by atoms with Crippen molar-refractivity contribution in [2.45, 2.75) is 65.1 Å². The normalized spacial score (nSPS) is 12.2. The Kier molecular flexibility index (Phi) is 9.33. The highest BCUT2D eigenvalue weighted by molar-refractivity contribution is 7.92. The summed E-state index contributed by atoms with van der Waals surface area (Å²) in [5, 5.41) is 2.86. The van der Waals surface area contributed by atoms with Crippen LogP contribution in [0.2, 0.25) is 0 Å². The summed E-state index contributed by atoms with van der Waals surface area (Å²) < 4.78 is 28.7. The average molecular weight is 536 g/mol. The zero-order valence-corrected chi connectivity index (χ0v) is 23.7. The number of nitrogens with zero attached hydrogens (tertiary/aromatic N) is 2.